The van der Waals surface area contributed by atoms with E-state index in [1.807, 2.05) is 0 Å². The molecule has 3 aromatic rings. The first-order valence-corrected chi connectivity index (χ1v) is 8.35. The van der Waals surface area contributed by atoms with Gasteiger partial charge in [-0.15, -0.1) is 0 Å². The van der Waals surface area contributed by atoms with Gasteiger partial charge in [0.15, 0.2) is 0 Å². The van der Waals surface area contributed by atoms with Crippen molar-refractivity contribution in [2.24, 2.45) is 7.05 Å². The number of carbonyl (C=O) groups is 1. The number of benzene rings is 1. The number of pyridine rings is 1. The van der Waals surface area contributed by atoms with E-state index in [1.165, 1.54) is 10.7 Å². The fourth-order valence-corrected chi connectivity index (χ4v) is 2.69. The van der Waals surface area contributed by atoms with Crippen molar-refractivity contribution in [3.8, 4) is 11.3 Å². The molecule has 0 aliphatic carbocycles. The van der Waals surface area contributed by atoms with E-state index in [1.54, 1.807) is 50.5 Å². The minimum Gasteiger partial charge on any atom is -0.373 e. The second-order valence-electron chi connectivity index (χ2n) is 5.68. The second kappa shape index (κ2) is 7.71. The lowest BCUT2D eigenvalue weighted by Gasteiger charge is -2.11. The summed E-state index contributed by atoms with van der Waals surface area (Å²) >= 11 is 5.82. The first-order chi connectivity index (χ1) is 12.9. The van der Waals surface area contributed by atoms with Gasteiger partial charge in [0, 0.05) is 30.2 Å². The molecule has 0 atom stereocenters. The van der Waals surface area contributed by atoms with Gasteiger partial charge >= 0.3 is 0 Å². The van der Waals surface area contributed by atoms with Crippen molar-refractivity contribution in [1.29, 1.82) is 0 Å². The van der Waals surface area contributed by atoms with Crippen LogP contribution in [-0.2, 0) is 7.05 Å². The molecule has 0 bridgehead atoms. The first kappa shape index (κ1) is 18.8. The number of aryl methyl sites for hydroxylation is 1. The summed E-state index contributed by atoms with van der Waals surface area (Å²) in [6, 6.07) is 11.0. The average molecular weight is 392 g/mol. The van der Waals surface area contributed by atoms with Gasteiger partial charge in [0.25, 0.3) is 12.3 Å². The number of hydrogen-bond acceptors (Lipinski definition) is 4. The fraction of sp³-hybridized carbons (Fsp3) is 0.167. The average Bonchev–Trinajstić information content (AvgIpc) is 3.04. The van der Waals surface area contributed by atoms with Crippen LogP contribution in [0, 0.1) is 0 Å². The van der Waals surface area contributed by atoms with Crippen LogP contribution in [0.1, 0.15) is 22.5 Å². The Balaban J connectivity index is 1.88. The van der Waals surface area contributed by atoms with Crippen LogP contribution in [0.2, 0.25) is 5.02 Å². The third-order valence-corrected chi connectivity index (χ3v) is 4.13. The van der Waals surface area contributed by atoms with Gasteiger partial charge in [-0.3, -0.25) is 9.48 Å². The van der Waals surface area contributed by atoms with Crippen molar-refractivity contribution in [2.45, 2.75) is 6.43 Å². The van der Waals surface area contributed by atoms with E-state index in [2.05, 4.69) is 20.7 Å². The summed E-state index contributed by atoms with van der Waals surface area (Å²) in [6.45, 7) is 0. The van der Waals surface area contributed by atoms with Crippen molar-refractivity contribution >= 4 is 29.1 Å². The molecule has 0 unspecified atom stereocenters. The predicted molar refractivity (Wildman–Crippen MR) is 100 cm³/mol. The minimum absolute atomic E-state index is 0.310. The lowest BCUT2D eigenvalue weighted by molar-refractivity contribution is 0.102. The van der Waals surface area contributed by atoms with Gasteiger partial charge in [-0.25, -0.2) is 13.8 Å². The maximum absolute atomic E-state index is 12.9. The summed E-state index contributed by atoms with van der Waals surface area (Å²) in [7, 11) is 3.23. The van der Waals surface area contributed by atoms with E-state index < -0.39 is 6.43 Å². The zero-order chi connectivity index (χ0) is 19.6. The molecule has 0 saturated heterocycles. The number of nitrogens with one attached hydrogen (secondary N) is 2. The number of halogens is 3. The number of anilines is 2. The molecule has 0 aliphatic heterocycles. The smallest absolute Gasteiger partial charge is 0.282 e. The maximum atomic E-state index is 12.9. The summed E-state index contributed by atoms with van der Waals surface area (Å²) in [5, 5.41) is 9.95. The molecule has 2 heterocycles. The highest BCUT2D eigenvalue weighted by atomic mass is 35.5. The number of aromatic nitrogens is 3. The number of hydrogen-bond donors (Lipinski definition) is 2. The van der Waals surface area contributed by atoms with Gasteiger partial charge in [0.05, 0.1) is 5.69 Å². The molecule has 2 N–H and O–H groups in total. The number of rotatable bonds is 5. The van der Waals surface area contributed by atoms with Crippen LogP contribution >= 0.6 is 11.6 Å². The van der Waals surface area contributed by atoms with E-state index in [4.69, 9.17) is 11.6 Å². The van der Waals surface area contributed by atoms with E-state index in [0.717, 1.165) is 0 Å². The van der Waals surface area contributed by atoms with Crippen molar-refractivity contribution in [1.82, 2.24) is 14.8 Å². The second-order valence-corrected chi connectivity index (χ2v) is 6.12. The van der Waals surface area contributed by atoms with E-state index in [0.29, 0.717) is 33.5 Å². The van der Waals surface area contributed by atoms with Crippen LogP contribution in [0.25, 0.3) is 11.3 Å². The summed E-state index contributed by atoms with van der Waals surface area (Å²) < 4.78 is 27.1. The van der Waals surface area contributed by atoms with Crippen molar-refractivity contribution < 1.29 is 13.6 Å². The molecule has 0 radical (unpaired) electrons. The maximum Gasteiger partial charge on any atom is 0.282 e. The molecule has 2 aromatic heterocycles. The van der Waals surface area contributed by atoms with Gasteiger partial charge in [-0.2, -0.15) is 5.10 Å². The third kappa shape index (κ3) is 4.06. The number of alkyl halides is 2. The summed E-state index contributed by atoms with van der Waals surface area (Å²) in [5.41, 5.74) is 1.20. The van der Waals surface area contributed by atoms with Gasteiger partial charge in [-0.1, -0.05) is 11.6 Å². The van der Waals surface area contributed by atoms with E-state index in [9.17, 15) is 13.6 Å². The molecule has 0 spiro atoms. The Kier molecular flexibility index (Phi) is 5.36. The number of nitrogens with zero attached hydrogens (tertiary/aromatic N) is 3. The Morgan fingerprint density at radius 1 is 1.19 bits per heavy atom. The lowest BCUT2D eigenvalue weighted by Crippen LogP contribution is -2.13. The molecule has 1 amide bonds. The van der Waals surface area contributed by atoms with Crippen LogP contribution in [0.15, 0.2) is 42.5 Å². The summed E-state index contributed by atoms with van der Waals surface area (Å²) in [5.74, 6) is 0.404. The fourth-order valence-electron chi connectivity index (χ4n) is 2.56. The Morgan fingerprint density at radius 2 is 1.89 bits per heavy atom. The Hall–Kier alpha value is -3.00. The number of carbonyl (C=O) groups excluding carboxylic acids is 1. The molecule has 9 heteroatoms. The first-order valence-electron chi connectivity index (χ1n) is 7.97. The molecule has 140 valence electrons. The Morgan fingerprint density at radius 3 is 2.48 bits per heavy atom. The van der Waals surface area contributed by atoms with Crippen LogP contribution < -0.4 is 10.6 Å². The highest BCUT2D eigenvalue weighted by Crippen LogP contribution is 2.30. The summed E-state index contributed by atoms with van der Waals surface area (Å²) in [6.07, 6.45) is -2.66. The molecular formula is C18H16ClF2N5O. The van der Waals surface area contributed by atoms with Gasteiger partial charge in [0.1, 0.15) is 17.3 Å². The van der Waals surface area contributed by atoms with Crippen molar-refractivity contribution in [2.75, 3.05) is 17.7 Å². The molecule has 27 heavy (non-hydrogen) atoms. The Labute approximate surface area is 159 Å². The lowest BCUT2D eigenvalue weighted by atomic mass is 10.1. The van der Waals surface area contributed by atoms with Gasteiger partial charge in [0.2, 0.25) is 0 Å². The van der Waals surface area contributed by atoms with Gasteiger partial charge in [-0.05, 0) is 42.5 Å². The van der Waals surface area contributed by atoms with Crippen LogP contribution in [0.5, 0.6) is 0 Å². The van der Waals surface area contributed by atoms with Crippen LogP contribution in [0.4, 0.5) is 20.4 Å². The van der Waals surface area contributed by atoms with Crippen LogP contribution in [0.3, 0.4) is 0 Å². The zero-order valence-electron chi connectivity index (χ0n) is 14.5. The van der Waals surface area contributed by atoms with Crippen LogP contribution in [-0.4, -0.2) is 27.7 Å². The quantitative estimate of drug-likeness (QED) is 0.677. The molecule has 6 nitrogen and oxygen atoms in total. The third-order valence-electron chi connectivity index (χ3n) is 3.88. The van der Waals surface area contributed by atoms with Crippen molar-refractivity contribution in [3.05, 3.63) is 58.7 Å². The monoisotopic (exact) mass is 391 g/mol. The molecule has 0 fully saturated rings. The van der Waals surface area contributed by atoms with E-state index >= 15 is 0 Å². The van der Waals surface area contributed by atoms with E-state index in [-0.39, 0.29) is 11.6 Å². The Bertz CT molecular complexity index is 972. The number of amides is 1. The molecule has 0 saturated carbocycles. The minimum atomic E-state index is -2.66. The molecular weight excluding hydrogens is 376 g/mol. The largest absolute Gasteiger partial charge is 0.373 e. The van der Waals surface area contributed by atoms with Gasteiger partial charge < -0.3 is 10.6 Å². The zero-order valence-corrected chi connectivity index (χ0v) is 15.3. The van der Waals surface area contributed by atoms with Crippen molar-refractivity contribution in [3.63, 3.8) is 0 Å². The highest BCUT2D eigenvalue weighted by molar-refractivity contribution is 6.30. The topological polar surface area (TPSA) is 71.8 Å². The molecule has 1 aromatic carbocycles. The molecule has 0 aliphatic rings. The predicted octanol–water partition coefficient (Wildman–Crippen LogP) is 4.37. The summed E-state index contributed by atoms with van der Waals surface area (Å²) in [4.78, 5) is 16.6. The normalized spacial score (nSPS) is 10.9. The molecule has 3 rings (SSSR count). The highest BCUT2D eigenvalue weighted by Gasteiger charge is 2.18. The SMILES string of the molecule is CNc1nc(NC(=O)c2ccc(Cl)cc2)ccc1-c1cc(C(F)F)nn1C. The standard InChI is InChI=1S/C18H16ClF2N5O/c1-22-17-12(14-9-13(16(20)21)25-26(14)2)7-8-15(23-17)24-18(27)10-3-5-11(19)6-4-10/h3-9,16H,1-2H3,(H2,22,23,24,27).